The van der Waals surface area contributed by atoms with E-state index in [2.05, 4.69) is 27.7 Å². The number of ether oxygens (including phenoxy) is 1. The first kappa shape index (κ1) is 10.0. The van der Waals surface area contributed by atoms with Gasteiger partial charge < -0.3 is 4.74 Å². The molecule has 0 heterocycles. The van der Waals surface area contributed by atoms with Gasteiger partial charge in [0.1, 0.15) is 0 Å². The predicted octanol–water partition coefficient (Wildman–Crippen LogP) is 2.95. The second-order valence-corrected chi connectivity index (χ2v) is 5.06. The lowest BCUT2D eigenvalue weighted by atomic mass is 9.81. The molecule has 0 saturated heterocycles. The van der Waals surface area contributed by atoms with Gasteiger partial charge in [-0.3, -0.25) is 0 Å². The van der Waals surface area contributed by atoms with Gasteiger partial charge in [0.25, 0.3) is 0 Å². The molecule has 0 amide bonds. The molecule has 1 rings (SSSR count). The number of methoxy groups -OCH3 is 1. The van der Waals surface area contributed by atoms with E-state index in [1.54, 1.807) is 0 Å². The highest BCUT2D eigenvalue weighted by molar-refractivity contribution is 4.91. The van der Waals surface area contributed by atoms with Crippen LogP contribution in [0.2, 0.25) is 0 Å². The molecule has 1 saturated carbocycles. The van der Waals surface area contributed by atoms with Crippen molar-refractivity contribution < 1.29 is 4.74 Å². The largest absolute Gasteiger partial charge is 0.384 e. The van der Waals surface area contributed by atoms with Crippen LogP contribution in [0.25, 0.3) is 0 Å². The van der Waals surface area contributed by atoms with Crippen molar-refractivity contribution in [2.75, 3.05) is 13.7 Å². The van der Waals surface area contributed by atoms with Crippen molar-refractivity contribution in [1.82, 2.24) is 0 Å². The molecule has 1 aliphatic carbocycles. The molecule has 1 aliphatic rings. The predicted molar refractivity (Wildman–Crippen MR) is 52.1 cm³/mol. The van der Waals surface area contributed by atoms with Gasteiger partial charge in [-0.05, 0) is 29.6 Å². The number of hydrogen-bond acceptors (Lipinski definition) is 1. The van der Waals surface area contributed by atoms with Gasteiger partial charge in [-0.2, -0.15) is 0 Å². The van der Waals surface area contributed by atoms with Gasteiger partial charge in [0.2, 0.25) is 0 Å². The number of rotatable bonds is 2. The molecule has 0 unspecified atom stereocenters. The maximum atomic E-state index is 5.24. The lowest BCUT2D eigenvalue weighted by Gasteiger charge is -2.25. The summed E-state index contributed by atoms with van der Waals surface area (Å²) in [5.74, 6) is 2.43. The van der Waals surface area contributed by atoms with Gasteiger partial charge >= 0.3 is 0 Å². The zero-order chi connectivity index (χ0) is 9.35. The normalized spacial score (nSPS) is 40.2. The molecule has 3 atom stereocenters. The molecule has 0 aliphatic heterocycles. The van der Waals surface area contributed by atoms with Crippen LogP contribution in [-0.4, -0.2) is 13.7 Å². The Morgan fingerprint density at radius 3 is 2.25 bits per heavy atom. The Morgan fingerprint density at radius 1 is 1.33 bits per heavy atom. The highest BCUT2D eigenvalue weighted by Crippen LogP contribution is 2.49. The van der Waals surface area contributed by atoms with Gasteiger partial charge in [0.05, 0.1) is 0 Å². The zero-order valence-electron chi connectivity index (χ0n) is 9.05. The molecule has 1 fully saturated rings. The highest BCUT2D eigenvalue weighted by atomic mass is 16.5. The smallest absolute Gasteiger partial charge is 0.0493 e. The molecule has 0 bridgehead atoms. The lowest BCUT2D eigenvalue weighted by molar-refractivity contribution is 0.131. The van der Waals surface area contributed by atoms with Gasteiger partial charge in [-0.25, -0.2) is 0 Å². The minimum atomic E-state index is 0.516. The molecule has 0 aromatic rings. The van der Waals surface area contributed by atoms with Crippen LogP contribution in [0.1, 0.15) is 34.1 Å². The SMILES string of the molecule is COC[C@@H]1CC(C)(C)[C@@H](C)[C@@H]1C. The van der Waals surface area contributed by atoms with Crippen molar-refractivity contribution in [1.29, 1.82) is 0 Å². The van der Waals surface area contributed by atoms with Crippen LogP contribution >= 0.6 is 0 Å². The minimum absolute atomic E-state index is 0.516. The average molecular weight is 170 g/mol. The molecular weight excluding hydrogens is 148 g/mol. The van der Waals surface area contributed by atoms with E-state index >= 15 is 0 Å². The van der Waals surface area contributed by atoms with Gasteiger partial charge in [-0.15, -0.1) is 0 Å². The summed E-state index contributed by atoms with van der Waals surface area (Å²) in [7, 11) is 1.81. The van der Waals surface area contributed by atoms with Crippen molar-refractivity contribution in [3.05, 3.63) is 0 Å². The molecule has 12 heavy (non-hydrogen) atoms. The third-order valence-electron chi connectivity index (χ3n) is 3.93. The van der Waals surface area contributed by atoms with Crippen LogP contribution in [0.4, 0.5) is 0 Å². The van der Waals surface area contributed by atoms with Gasteiger partial charge in [0.15, 0.2) is 0 Å². The summed E-state index contributed by atoms with van der Waals surface area (Å²) in [4.78, 5) is 0. The van der Waals surface area contributed by atoms with Crippen LogP contribution in [0.15, 0.2) is 0 Å². The fraction of sp³-hybridized carbons (Fsp3) is 1.00. The minimum Gasteiger partial charge on any atom is -0.384 e. The quantitative estimate of drug-likeness (QED) is 0.619. The Morgan fingerprint density at radius 2 is 1.92 bits per heavy atom. The van der Waals surface area contributed by atoms with E-state index in [0.717, 1.165) is 24.4 Å². The third kappa shape index (κ3) is 1.66. The molecule has 1 nitrogen and oxygen atoms in total. The maximum Gasteiger partial charge on any atom is 0.0493 e. The second kappa shape index (κ2) is 3.37. The summed E-state index contributed by atoms with van der Waals surface area (Å²) in [6, 6.07) is 0. The third-order valence-corrected chi connectivity index (χ3v) is 3.93. The van der Waals surface area contributed by atoms with Crippen molar-refractivity contribution >= 4 is 0 Å². The Bertz CT molecular complexity index is 151. The zero-order valence-corrected chi connectivity index (χ0v) is 9.05. The van der Waals surface area contributed by atoms with E-state index in [4.69, 9.17) is 4.74 Å². The molecule has 0 radical (unpaired) electrons. The molecule has 0 spiro atoms. The fourth-order valence-electron chi connectivity index (χ4n) is 2.59. The Hall–Kier alpha value is -0.0400. The van der Waals surface area contributed by atoms with Crippen LogP contribution in [0.5, 0.6) is 0 Å². The van der Waals surface area contributed by atoms with Crippen LogP contribution in [0.3, 0.4) is 0 Å². The standard InChI is InChI=1S/C11H22O/c1-8-9(2)11(3,4)6-10(8)7-12-5/h8-10H,6-7H2,1-5H3/t8-,9-,10-/m0/s1. The van der Waals surface area contributed by atoms with E-state index in [1.165, 1.54) is 6.42 Å². The summed E-state index contributed by atoms with van der Waals surface area (Å²) in [6.45, 7) is 10.4. The van der Waals surface area contributed by atoms with E-state index in [1.807, 2.05) is 7.11 Å². The molecule has 72 valence electrons. The fourth-order valence-corrected chi connectivity index (χ4v) is 2.59. The summed E-state index contributed by atoms with van der Waals surface area (Å²) >= 11 is 0. The number of hydrogen-bond donors (Lipinski definition) is 0. The monoisotopic (exact) mass is 170 g/mol. The summed E-state index contributed by atoms with van der Waals surface area (Å²) in [5, 5.41) is 0. The maximum absolute atomic E-state index is 5.24. The molecule has 1 heteroatoms. The first-order valence-corrected chi connectivity index (χ1v) is 4.98. The topological polar surface area (TPSA) is 9.23 Å². The van der Waals surface area contributed by atoms with Crippen molar-refractivity contribution in [2.24, 2.45) is 23.2 Å². The summed E-state index contributed by atoms with van der Waals surface area (Å²) < 4.78 is 5.24. The van der Waals surface area contributed by atoms with Crippen LogP contribution in [-0.2, 0) is 4.74 Å². The molecule has 0 aromatic carbocycles. The first-order valence-electron chi connectivity index (χ1n) is 4.98. The lowest BCUT2D eigenvalue weighted by Crippen LogP contribution is -2.17. The molecular formula is C11H22O. The summed E-state index contributed by atoms with van der Waals surface area (Å²) in [5.41, 5.74) is 0.516. The Kier molecular flexibility index (Phi) is 2.82. The van der Waals surface area contributed by atoms with E-state index in [0.29, 0.717) is 5.41 Å². The van der Waals surface area contributed by atoms with Crippen molar-refractivity contribution in [2.45, 2.75) is 34.1 Å². The second-order valence-electron chi connectivity index (χ2n) is 5.06. The Labute approximate surface area is 76.5 Å². The molecule has 0 aromatic heterocycles. The van der Waals surface area contributed by atoms with Crippen LogP contribution < -0.4 is 0 Å². The van der Waals surface area contributed by atoms with Crippen LogP contribution in [0, 0.1) is 23.2 Å². The molecule has 0 N–H and O–H groups in total. The van der Waals surface area contributed by atoms with E-state index in [-0.39, 0.29) is 0 Å². The van der Waals surface area contributed by atoms with Crippen molar-refractivity contribution in [3.8, 4) is 0 Å². The summed E-state index contributed by atoms with van der Waals surface area (Å²) in [6.07, 6.45) is 1.32. The van der Waals surface area contributed by atoms with Gasteiger partial charge in [0, 0.05) is 13.7 Å². The van der Waals surface area contributed by atoms with Crippen molar-refractivity contribution in [3.63, 3.8) is 0 Å². The Balaban J connectivity index is 2.61. The highest BCUT2D eigenvalue weighted by Gasteiger charge is 2.42. The van der Waals surface area contributed by atoms with E-state index in [9.17, 15) is 0 Å². The van der Waals surface area contributed by atoms with Gasteiger partial charge in [-0.1, -0.05) is 27.7 Å². The average Bonchev–Trinajstić information content (AvgIpc) is 2.16. The van der Waals surface area contributed by atoms with E-state index < -0.39 is 0 Å². The first-order chi connectivity index (χ1) is 5.49.